The van der Waals surface area contributed by atoms with Crippen LogP contribution in [0.1, 0.15) is 39.5 Å². The number of nitrogens with zero attached hydrogens (tertiary/aromatic N) is 1. The van der Waals surface area contributed by atoms with Gasteiger partial charge in [0.25, 0.3) is 0 Å². The van der Waals surface area contributed by atoms with Gasteiger partial charge < -0.3 is 5.32 Å². The van der Waals surface area contributed by atoms with E-state index in [2.05, 4.69) is 24.1 Å². The fraction of sp³-hybridized carbons (Fsp3) is 1.00. The van der Waals surface area contributed by atoms with E-state index in [9.17, 15) is 0 Å². The fourth-order valence-electron chi connectivity index (χ4n) is 3.93. The summed E-state index contributed by atoms with van der Waals surface area (Å²) in [5.41, 5.74) is 0. The maximum absolute atomic E-state index is 3.75. The normalized spacial score (nSPS) is 49.2. The molecule has 0 aromatic heterocycles. The number of hydrogen-bond donors (Lipinski definition) is 1. The molecule has 74 valence electrons. The summed E-state index contributed by atoms with van der Waals surface area (Å²) in [7, 11) is 0. The lowest BCUT2D eigenvalue weighted by Gasteiger charge is -2.58. The Balaban J connectivity index is 1.85. The van der Waals surface area contributed by atoms with Gasteiger partial charge in [-0.3, -0.25) is 4.90 Å². The summed E-state index contributed by atoms with van der Waals surface area (Å²) in [6.45, 7) is 4.71. The highest BCUT2D eigenvalue weighted by Crippen LogP contribution is 2.39. The minimum Gasteiger partial charge on any atom is -0.311 e. The molecule has 0 radical (unpaired) electrons. The average molecular weight is 180 g/mol. The molecule has 0 spiro atoms. The lowest BCUT2D eigenvalue weighted by atomic mass is 9.74. The van der Waals surface area contributed by atoms with Gasteiger partial charge in [-0.15, -0.1) is 0 Å². The van der Waals surface area contributed by atoms with Gasteiger partial charge in [-0.2, -0.15) is 0 Å². The van der Waals surface area contributed by atoms with Crippen molar-refractivity contribution in [3.63, 3.8) is 0 Å². The summed E-state index contributed by atoms with van der Waals surface area (Å²) in [6.07, 6.45) is 5.63. The van der Waals surface area contributed by atoms with Crippen LogP contribution in [0.5, 0.6) is 0 Å². The molecule has 0 amide bonds. The van der Waals surface area contributed by atoms with Crippen molar-refractivity contribution in [2.24, 2.45) is 0 Å². The molecule has 4 aliphatic rings. The van der Waals surface area contributed by atoms with Gasteiger partial charge in [0, 0.05) is 30.2 Å². The first-order chi connectivity index (χ1) is 6.24. The van der Waals surface area contributed by atoms with Crippen LogP contribution in [0, 0.1) is 0 Å². The molecule has 0 aromatic carbocycles. The van der Waals surface area contributed by atoms with Crippen LogP contribution in [0.25, 0.3) is 0 Å². The molecule has 4 rings (SSSR count). The van der Waals surface area contributed by atoms with E-state index in [1.54, 1.807) is 0 Å². The molecule has 4 fully saturated rings. The molecule has 0 saturated carbocycles. The van der Waals surface area contributed by atoms with E-state index in [1.165, 1.54) is 25.7 Å². The minimum atomic E-state index is 0.759. The van der Waals surface area contributed by atoms with E-state index < -0.39 is 0 Å². The van der Waals surface area contributed by atoms with Crippen molar-refractivity contribution in [1.29, 1.82) is 0 Å². The lowest BCUT2D eigenvalue weighted by Crippen LogP contribution is -2.68. The molecule has 0 unspecified atom stereocenters. The highest BCUT2D eigenvalue weighted by atomic mass is 15.3. The van der Waals surface area contributed by atoms with Crippen LogP contribution in [0.3, 0.4) is 0 Å². The summed E-state index contributed by atoms with van der Waals surface area (Å²) in [5.74, 6) is 0. The summed E-state index contributed by atoms with van der Waals surface area (Å²) in [4.78, 5) is 2.79. The zero-order chi connectivity index (χ0) is 9.00. The van der Waals surface area contributed by atoms with E-state index in [4.69, 9.17) is 0 Å². The smallest absolute Gasteiger partial charge is 0.0131 e. The summed E-state index contributed by atoms with van der Waals surface area (Å²) in [5, 5.41) is 3.75. The Morgan fingerprint density at radius 2 is 1.46 bits per heavy atom. The van der Waals surface area contributed by atoms with Gasteiger partial charge in [0.15, 0.2) is 0 Å². The van der Waals surface area contributed by atoms with E-state index in [0.29, 0.717) is 0 Å². The van der Waals surface area contributed by atoms with Crippen molar-refractivity contribution in [3.05, 3.63) is 0 Å². The molecule has 4 bridgehead atoms. The Hall–Kier alpha value is -0.0800. The van der Waals surface area contributed by atoms with Gasteiger partial charge in [-0.25, -0.2) is 0 Å². The Morgan fingerprint density at radius 3 is 1.85 bits per heavy atom. The lowest BCUT2D eigenvalue weighted by molar-refractivity contribution is -0.0488. The first-order valence-electron chi connectivity index (χ1n) is 5.77. The van der Waals surface area contributed by atoms with Crippen LogP contribution in [0.15, 0.2) is 0 Å². The van der Waals surface area contributed by atoms with Gasteiger partial charge in [0.05, 0.1) is 0 Å². The van der Waals surface area contributed by atoms with Crippen molar-refractivity contribution in [3.8, 4) is 0 Å². The van der Waals surface area contributed by atoms with Crippen LogP contribution in [-0.2, 0) is 0 Å². The molecule has 1 N–H and O–H groups in total. The molecule has 4 heterocycles. The minimum absolute atomic E-state index is 0.759. The summed E-state index contributed by atoms with van der Waals surface area (Å²) >= 11 is 0. The first-order valence-corrected chi connectivity index (χ1v) is 5.77. The van der Waals surface area contributed by atoms with Crippen molar-refractivity contribution in [1.82, 2.24) is 10.2 Å². The Labute approximate surface area is 80.7 Å². The van der Waals surface area contributed by atoms with Crippen molar-refractivity contribution >= 4 is 0 Å². The van der Waals surface area contributed by atoms with Crippen LogP contribution in [0.2, 0.25) is 0 Å². The zero-order valence-electron chi connectivity index (χ0n) is 8.66. The maximum atomic E-state index is 3.75. The van der Waals surface area contributed by atoms with E-state index >= 15 is 0 Å². The Bertz CT molecular complexity index is 184. The van der Waals surface area contributed by atoms with E-state index in [1.807, 2.05) is 0 Å². The Kier molecular flexibility index (Phi) is 1.72. The third kappa shape index (κ3) is 1.15. The molecule has 13 heavy (non-hydrogen) atoms. The quantitative estimate of drug-likeness (QED) is 0.655. The molecular weight excluding hydrogens is 160 g/mol. The second-order valence-electron chi connectivity index (χ2n) is 5.35. The number of hydrogen-bond acceptors (Lipinski definition) is 2. The predicted molar refractivity (Wildman–Crippen MR) is 53.7 cm³/mol. The van der Waals surface area contributed by atoms with Gasteiger partial charge >= 0.3 is 0 Å². The predicted octanol–water partition coefficient (Wildman–Crippen LogP) is 1.36. The monoisotopic (exact) mass is 180 g/mol. The third-order valence-corrected chi connectivity index (χ3v) is 4.14. The van der Waals surface area contributed by atoms with Gasteiger partial charge in [0.1, 0.15) is 0 Å². The fourth-order valence-corrected chi connectivity index (χ4v) is 3.93. The third-order valence-electron chi connectivity index (χ3n) is 4.14. The van der Waals surface area contributed by atoms with E-state index in [-0.39, 0.29) is 0 Å². The molecule has 0 aliphatic carbocycles. The van der Waals surface area contributed by atoms with Gasteiger partial charge in [0.2, 0.25) is 0 Å². The highest BCUT2D eigenvalue weighted by Gasteiger charge is 2.47. The molecular formula is C11H20N2. The van der Waals surface area contributed by atoms with Crippen molar-refractivity contribution in [2.75, 3.05) is 0 Å². The first kappa shape index (κ1) is 8.25. The van der Waals surface area contributed by atoms with Crippen LogP contribution >= 0.6 is 0 Å². The van der Waals surface area contributed by atoms with Crippen LogP contribution < -0.4 is 5.32 Å². The van der Waals surface area contributed by atoms with Gasteiger partial charge in [-0.1, -0.05) is 0 Å². The zero-order valence-corrected chi connectivity index (χ0v) is 8.66. The molecule has 0 aromatic rings. The summed E-state index contributed by atoms with van der Waals surface area (Å²) in [6, 6.07) is 4.29. The molecule has 4 saturated heterocycles. The molecule has 0 atom stereocenters. The van der Waals surface area contributed by atoms with Crippen LogP contribution in [0.4, 0.5) is 0 Å². The maximum Gasteiger partial charge on any atom is 0.0131 e. The second kappa shape index (κ2) is 2.71. The van der Waals surface area contributed by atoms with Crippen LogP contribution in [-0.4, -0.2) is 35.1 Å². The highest BCUT2D eigenvalue weighted by molar-refractivity contribution is 5.05. The summed E-state index contributed by atoms with van der Waals surface area (Å²) < 4.78 is 0. The second-order valence-corrected chi connectivity index (χ2v) is 5.35. The molecule has 2 nitrogen and oxygen atoms in total. The Morgan fingerprint density at radius 1 is 1.00 bits per heavy atom. The number of nitrogens with one attached hydrogen (secondary N) is 1. The van der Waals surface area contributed by atoms with Crippen molar-refractivity contribution < 1.29 is 0 Å². The molecule has 2 heteroatoms. The largest absolute Gasteiger partial charge is 0.311 e. The standard InChI is InChI=1S/C11H20N2/c1-7(2)13-10-3-8-4-11(13)6-9(5-10)12-8/h7-12H,3-6H2,1-2H3. The van der Waals surface area contributed by atoms with Gasteiger partial charge in [-0.05, 0) is 39.5 Å². The van der Waals surface area contributed by atoms with E-state index in [0.717, 1.165) is 30.2 Å². The van der Waals surface area contributed by atoms with Crippen molar-refractivity contribution in [2.45, 2.75) is 69.7 Å². The molecule has 4 aliphatic heterocycles. The SMILES string of the molecule is CC(C)N1C2CC3CC1CC(C2)N3. The number of piperidine rings is 4. The average Bonchev–Trinajstić information content (AvgIpc) is 2.00. The number of rotatable bonds is 1. The topological polar surface area (TPSA) is 15.3 Å².